The van der Waals surface area contributed by atoms with Gasteiger partial charge in [-0.2, -0.15) is 0 Å². The van der Waals surface area contributed by atoms with E-state index in [1.807, 2.05) is 12.1 Å². The Morgan fingerprint density at radius 1 is 1.15 bits per heavy atom. The quantitative estimate of drug-likeness (QED) is 0.840. The molecule has 0 radical (unpaired) electrons. The van der Waals surface area contributed by atoms with Crippen LogP contribution in [-0.4, -0.2) is 20.8 Å². The molecule has 2 aromatic rings. The van der Waals surface area contributed by atoms with E-state index in [2.05, 4.69) is 35.8 Å². The first kappa shape index (κ1) is 14.9. The maximum atomic E-state index is 5.57. The van der Waals surface area contributed by atoms with Crippen LogP contribution < -0.4 is 14.8 Å². The highest BCUT2D eigenvalue weighted by Gasteiger charge is 2.20. The van der Waals surface area contributed by atoms with Gasteiger partial charge in [0, 0.05) is 10.4 Å². The third-order valence-corrected chi connectivity index (χ3v) is 4.11. The van der Waals surface area contributed by atoms with E-state index >= 15 is 0 Å². The molecule has 3 nitrogen and oxygen atoms in total. The number of hydrogen-bond donors (Lipinski definition) is 1. The standard InChI is InChI=1S/C16H21NO2S/c1-4-10-17-15(14-9-6-11-20-14)12-7-5-8-13(18-2)16(12)19-3/h5-9,11,15,17H,4,10H2,1-3H3. The Morgan fingerprint density at radius 2 is 2.00 bits per heavy atom. The van der Waals surface area contributed by atoms with Crippen LogP contribution in [0.25, 0.3) is 0 Å². The molecule has 0 spiro atoms. The van der Waals surface area contributed by atoms with Crippen molar-refractivity contribution in [2.75, 3.05) is 20.8 Å². The zero-order chi connectivity index (χ0) is 14.4. The number of hydrogen-bond acceptors (Lipinski definition) is 4. The van der Waals surface area contributed by atoms with E-state index in [0.29, 0.717) is 0 Å². The zero-order valence-corrected chi connectivity index (χ0v) is 13.0. The molecule has 1 heterocycles. The van der Waals surface area contributed by atoms with Gasteiger partial charge in [0.05, 0.1) is 20.3 Å². The van der Waals surface area contributed by atoms with Crippen LogP contribution in [0.4, 0.5) is 0 Å². The Hall–Kier alpha value is -1.52. The number of para-hydroxylation sites is 1. The summed E-state index contributed by atoms with van der Waals surface area (Å²) >= 11 is 1.75. The molecular formula is C16H21NO2S. The SMILES string of the molecule is CCCNC(c1cccs1)c1cccc(OC)c1OC. The van der Waals surface area contributed by atoms with Crippen molar-refractivity contribution in [3.63, 3.8) is 0 Å². The summed E-state index contributed by atoms with van der Waals surface area (Å²) < 4.78 is 11.0. The second-order valence-corrected chi connectivity index (χ2v) is 5.46. The number of ether oxygens (including phenoxy) is 2. The highest BCUT2D eigenvalue weighted by atomic mass is 32.1. The molecule has 0 fully saturated rings. The van der Waals surface area contributed by atoms with Crippen molar-refractivity contribution < 1.29 is 9.47 Å². The van der Waals surface area contributed by atoms with Crippen LogP contribution in [0.3, 0.4) is 0 Å². The molecule has 4 heteroatoms. The van der Waals surface area contributed by atoms with Gasteiger partial charge in [0.1, 0.15) is 0 Å². The minimum atomic E-state index is 0.139. The largest absolute Gasteiger partial charge is 0.493 e. The number of thiophene rings is 1. The lowest BCUT2D eigenvalue weighted by Gasteiger charge is -2.21. The normalized spacial score (nSPS) is 12.2. The van der Waals surface area contributed by atoms with Crippen molar-refractivity contribution in [2.45, 2.75) is 19.4 Å². The van der Waals surface area contributed by atoms with E-state index in [-0.39, 0.29) is 6.04 Å². The average molecular weight is 291 g/mol. The molecule has 1 N–H and O–H groups in total. The van der Waals surface area contributed by atoms with Crippen LogP contribution >= 0.6 is 11.3 Å². The summed E-state index contributed by atoms with van der Waals surface area (Å²) in [5, 5.41) is 5.69. The first-order chi connectivity index (χ1) is 9.81. The van der Waals surface area contributed by atoms with Gasteiger partial charge < -0.3 is 14.8 Å². The van der Waals surface area contributed by atoms with Gasteiger partial charge in [-0.05, 0) is 30.5 Å². The maximum absolute atomic E-state index is 5.57. The Bertz CT molecular complexity index is 525. The van der Waals surface area contributed by atoms with Gasteiger partial charge in [0.15, 0.2) is 11.5 Å². The molecule has 0 aliphatic rings. The lowest BCUT2D eigenvalue weighted by atomic mass is 10.0. The Morgan fingerprint density at radius 3 is 2.60 bits per heavy atom. The summed E-state index contributed by atoms with van der Waals surface area (Å²) in [5.41, 5.74) is 1.11. The van der Waals surface area contributed by atoms with Crippen LogP contribution in [0.5, 0.6) is 11.5 Å². The van der Waals surface area contributed by atoms with Gasteiger partial charge in [-0.3, -0.25) is 0 Å². The Balaban J connectivity index is 2.43. The van der Waals surface area contributed by atoms with Crippen molar-refractivity contribution in [1.82, 2.24) is 5.32 Å². The fraction of sp³-hybridized carbons (Fsp3) is 0.375. The molecule has 20 heavy (non-hydrogen) atoms. The molecule has 108 valence electrons. The van der Waals surface area contributed by atoms with Gasteiger partial charge in [-0.15, -0.1) is 11.3 Å². The van der Waals surface area contributed by atoms with Crippen molar-refractivity contribution in [3.05, 3.63) is 46.2 Å². The van der Waals surface area contributed by atoms with Crippen LogP contribution in [0, 0.1) is 0 Å². The first-order valence-corrected chi connectivity index (χ1v) is 7.67. The summed E-state index contributed by atoms with van der Waals surface area (Å²) in [7, 11) is 3.36. The predicted molar refractivity (Wildman–Crippen MR) is 84.0 cm³/mol. The molecule has 1 atom stereocenters. The second-order valence-electron chi connectivity index (χ2n) is 4.49. The average Bonchev–Trinajstić information content (AvgIpc) is 3.01. The summed E-state index contributed by atoms with van der Waals surface area (Å²) in [6.45, 7) is 3.13. The minimum absolute atomic E-state index is 0.139. The molecule has 0 bridgehead atoms. The minimum Gasteiger partial charge on any atom is -0.493 e. The highest BCUT2D eigenvalue weighted by Crippen LogP contribution is 2.38. The molecular weight excluding hydrogens is 270 g/mol. The van der Waals surface area contributed by atoms with Gasteiger partial charge >= 0.3 is 0 Å². The van der Waals surface area contributed by atoms with Gasteiger partial charge in [-0.1, -0.05) is 25.1 Å². The lowest BCUT2D eigenvalue weighted by molar-refractivity contribution is 0.349. The monoisotopic (exact) mass is 291 g/mol. The van der Waals surface area contributed by atoms with Crippen molar-refractivity contribution in [1.29, 1.82) is 0 Å². The highest BCUT2D eigenvalue weighted by molar-refractivity contribution is 7.10. The summed E-state index contributed by atoms with van der Waals surface area (Å²) in [5.74, 6) is 1.57. The van der Waals surface area contributed by atoms with Crippen LogP contribution in [0.1, 0.15) is 29.8 Å². The molecule has 0 aliphatic heterocycles. The summed E-state index contributed by atoms with van der Waals surface area (Å²) in [6, 6.07) is 10.4. The number of rotatable bonds is 7. The van der Waals surface area contributed by atoms with E-state index in [4.69, 9.17) is 9.47 Å². The van der Waals surface area contributed by atoms with E-state index < -0.39 is 0 Å². The molecule has 1 aromatic carbocycles. The van der Waals surface area contributed by atoms with Crippen molar-refractivity contribution in [2.24, 2.45) is 0 Å². The van der Waals surface area contributed by atoms with Gasteiger partial charge in [-0.25, -0.2) is 0 Å². The second kappa shape index (κ2) is 7.31. The Labute approximate surface area is 124 Å². The van der Waals surface area contributed by atoms with E-state index in [0.717, 1.165) is 30.0 Å². The molecule has 0 aliphatic carbocycles. The molecule has 1 unspecified atom stereocenters. The number of methoxy groups -OCH3 is 2. The summed E-state index contributed by atoms with van der Waals surface area (Å²) in [4.78, 5) is 1.28. The fourth-order valence-corrected chi connectivity index (χ4v) is 3.07. The third kappa shape index (κ3) is 3.14. The molecule has 1 aromatic heterocycles. The molecule has 2 rings (SSSR count). The Kier molecular flexibility index (Phi) is 5.44. The van der Waals surface area contributed by atoms with E-state index in [1.165, 1.54) is 4.88 Å². The number of benzene rings is 1. The van der Waals surface area contributed by atoms with Crippen molar-refractivity contribution in [3.8, 4) is 11.5 Å². The van der Waals surface area contributed by atoms with Crippen LogP contribution in [0.2, 0.25) is 0 Å². The van der Waals surface area contributed by atoms with Crippen LogP contribution in [-0.2, 0) is 0 Å². The van der Waals surface area contributed by atoms with Gasteiger partial charge in [0.25, 0.3) is 0 Å². The van der Waals surface area contributed by atoms with Gasteiger partial charge in [0.2, 0.25) is 0 Å². The van der Waals surface area contributed by atoms with E-state index in [9.17, 15) is 0 Å². The van der Waals surface area contributed by atoms with Crippen LogP contribution in [0.15, 0.2) is 35.7 Å². The first-order valence-electron chi connectivity index (χ1n) is 6.79. The molecule has 0 saturated carbocycles. The number of nitrogens with one attached hydrogen (secondary N) is 1. The molecule has 0 amide bonds. The molecule has 0 saturated heterocycles. The summed E-state index contributed by atoms with van der Waals surface area (Å²) in [6.07, 6.45) is 1.09. The topological polar surface area (TPSA) is 30.5 Å². The lowest BCUT2D eigenvalue weighted by Crippen LogP contribution is -2.23. The zero-order valence-electron chi connectivity index (χ0n) is 12.2. The maximum Gasteiger partial charge on any atom is 0.165 e. The third-order valence-electron chi connectivity index (χ3n) is 3.17. The predicted octanol–water partition coefficient (Wildman–Crippen LogP) is 3.85. The van der Waals surface area contributed by atoms with E-state index in [1.54, 1.807) is 25.6 Å². The fourth-order valence-electron chi connectivity index (χ4n) is 2.25. The van der Waals surface area contributed by atoms with Crippen molar-refractivity contribution >= 4 is 11.3 Å². The smallest absolute Gasteiger partial charge is 0.165 e.